The van der Waals surface area contributed by atoms with E-state index in [0.29, 0.717) is 5.92 Å². The third-order valence-corrected chi connectivity index (χ3v) is 2.61. The summed E-state index contributed by atoms with van der Waals surface area (Å²) in [7, 11) is 0. The molecule has 0 atom stereocenters. The summed E-state index contributed by atoms with van der Waals surface area (Å²) in [6, 6.07) is 10.2. The van der Waals surface area contributed by atoms with Crippen LogP contribution < -0.4 is 0 Å². The molecule has 1 heterocycles. The van der Waals surface area contributed by atoms with Gasteiger partial charge in [0.15, 0.2) is 0 Å². The van der Waals surface area contributed by atoms with Crippen LogP contribution in [0.25, 0.3) is 0 Å². The Morgan fingerprint density at radius 3 is 2.67 bits per heavy atom. The van der Waals surface area contributed by atoms with E-state index in [-0.39, 0.29) is 0 Å². The van der Waals surface area contributed by atoms with Crippen molar-refractivity contribution in [2.45, 2.75) is 25.2 Å². The number of aromatic nitrogens is 2. The van der Waals surface area contributed by atoms with Gasteiger partial charge < -0.3 is 4.42 Å². The molecule has 0 unspecified atom stereocenters. The van der Waals surface area contributed by atoms with Crippen molar-refractivity contribution in [2.75, 3.05) is 0 Å². The zero-order valence-electron chi connectivity index (χ0n) is 8.39. The normalized spacial score (nSPS) is 15.5. The maximum Gasteiger partial charge on any atom is 0.220 e. The van der Waals surface area contributed by atoms with Gasteiger partial charge in [-0.15, -0.1) is 10.2 Å². The van der Waals surface area contributed by atoms with E-state index in [1.807, 2.05) is 18.2 Å². The Labute approximate surface area is 88.1 Å². The standard InChI is InChI=1S/C12H12N2O/c1-2-4-9(5-3-1)8-11-13-14-12(15-11)10-6-7-10/h1-5,10H,6-8H2. The molecule has 0 bridgehead atoms. The molecule has 1 aliphatic carbocycles. The highest BCUT2D eigenvalue weighted by Gasteiger charge is 2.29. The van der Waals surface area contributed by atoms with Crippen LogP contribution in [0.2, 0.25) is 0 Å². The van der Waals surface area contributed by atoms with Crippen molar-refractivity contribution in [1.29, 1.82) is 0 Å². The molecule has 3 rings (SSSR count). The molecule has 1 saturated carbocycles. The first-order valence-corrected chi connectivity index (χ1v) is 5.28. The van der Waals surface area contributed by atoms with Crippen LogP contribution in [0, 0.1) is 0 Å². The highest BCUT2D eigenvalue weighted by molar-refractivity contribution is 5.18. The second-order valence-corrected chi connectivity index (χ2v) is 3.97. The lowest BCUT2D eigenvalue weighted by atomic mass is 10.2. The second-order valence-electron chi connectivity index (χ2n) is 3.97. The van der Waals surface area contributed by atoms with Crippen LogP contribution in [-0.2, 0) is 6.42 Å². The Kier molecular flexibility index (Phi) is 2.02. The lowest BCUT2D eigenvalue weighted by molar-refractivity contribution is 0.459. The molecule has 1 aliphatic rings. The fraction of sp³-hybridized carbons (Fsp3) is 0.333. The van der Waals surface area contributed by atoms with Crippen molar-refractivity contribution < 1.29 is 4.42 Å². The van der Waals surface area contributed by atoms with Gasteiger partial charge in [0.05, 0.1) is 6.42 Å². The van der Waals surface area contributed by atoms with Crippen LogP contribution in [0.3, 0.4) is 0 Å². The molecule has 0 spiro atoms. The molecule has 0 saturated heterocycles. The molecule has 15 heavy (non-hydrogen) atoms. The summed E-state index contributed by atoms with van der Waals surface area (Å²) in [5.74, 6) is 2.09. The first-order valence-electron chi connectivity index (χ1n) is 5.28. The monoisotopic (exact) mass is 200 g/mol. The van der Waals surface area contributed by atoms with Crippen molar-refractivity contribution in [1.82, 2.24) is 10.2 Å². The largest absolute Gasteiger partial charge is 0.425 e. The van der Waals surface area contributed by atoms with E-state index in [1.54, 1.807) is 0 Å². The van der Waals surface area contributed by atoms with Crippen molar-refractivity contribution in [3.05, 3.63) is 47.7 Å². The summed E-state index contributed by atoms with van der Waals surface area (Å²) < 4.78 is 5.59. The third kappa shape index (κ3) is 1.91. The van der Waals surface area contributed by atoms with Crippen molar-refractivity contribution in [3.63, 3.8) is 0 Å². The fourth-order valence-corrected chi connectivity index (χ4v) is 1.60. The van der Waals surface area contributed by atoms with Crippen molar-refractivity contribution in [3.8, 4) is 0 Å². The maximum atomic E-state index is 5.59. The van der Waals surface area contributed by atoms with Crippen LogP contribution in [0.15, 0.2) is 34.7 Å². The maximum absolute atomic E-state index is 5.59. The third-order valence-electron chi connectivity index (χ3n) is 2.61. The van der Waals surface area contributed by atoms with Crippen LogP contribution in [0.5, 0.6) is 0 Å². The highest BCUT2D eigenvalue weighted by atomic mass is 16.4. The number of rotatable bonds is 3. The summed E-state index contributed by atoms with van der Waals surface area (Å²) in [6.45, 7) is 0. The predicted octanol–water partition coefficient (Wildman–Crippen LogP) is 2.54. The lowest BCUT2D eigenvalue weighted by Crippen LogP contribution is -1.87. The molecule has 3 nitrogen and oxygen atoms in total. The van der Waals surface area contributed by atoms with Gasteiger partial charge in [-0.2, -0.15) is 0 Å². The Balaban J connectivity index is 1.76. The molecule has 3 heteroatoms. The summed E-state index contributed by atoms with van der Waals surface area (Å²) in [4.78, 5) is 0. The smallest absolute Gasteiger partial charge is 0.220 e. The molecule has 1 aromatic heterocycles. The number of benzene rings is 1. The zero-order valence-corrected chi connectivity index (χ0v) is 8.39. The van der Waals surface area contributed by atoms with Crippen LogP contribution in [0.1, 0.15) is 36.1 Å². The molecule has 0 amide bonds. The zero-order chi connectivity index (χ0) is 10.1. The fourth-order valence-electron chi connectivity index (χ4n) is 1.60. The van der Waals surface area contributed by atoms with Gasteiger partial charge in [0.2, 0.25) is 11.8 Å². The molecule has 76 valence electrons. The van der Waals surface area contributed by atoms with Gasteiger partial charge >= 0.3 is 0 Å². The van der Waals surface area contributed by atoms with Gasteiger partial charge in [0.25, 0.3) is 0 Å². The van der Waals surface area contributed by atoms with Gasteiger partial charge in [-0.3, -0.25) is 0 Å². The molecule has 0 aliphatic heterocycles. The average molecular weight is 200 g/mol. The Bertz CT molecular complexity index is 446. The molecule has 1 aromatic carbocycles. The minimum absolute atomic E-state index is 0.544. The van der Waals surface area contributed by atoms with Crippen LogP contribution in [0.4, 0.5) is 0 Å². The van der Waals surface area contributed by atoms with Crippen molar-refractivity contribution in [2.24, 2.45) is 0 Å². The van der Waals surface area contributed by atoms with E-state index in [2.05, 4.69) is 22.3 Å². The van der Waals surface area contributed by atoms with Gasteiger partial charge in [-0.1, -0.05) is 30.3 Å². The first-order chi connectivity index (χ1) is 7.42. The molecule has 2 aromatic rings. The molecule has 0 N–H and O–H groups in total. The SMILES string of the molecule is c1ccc(Cc2nnc(C3CC3)o2)cc1. The topological polar surface area (TPSA) is 38.9 Å². The summed E-state index contributed by atoms with van der Waals surface area (Å²) in [5, 5.41) is 8.11. The molecular weight excluding hydrogens is 188 g/mol. The van der Waals surface area contributed by atoms with Gasteiger partial charge in [0, 0.05) is 5.92 Å². The van der Waals surface area contributed by atoms with E-state index < -0.39 is 0 Å². The van der Waals surface area contributed by atoms with E-state index in [0.717, 1.165) is 18.2 Å². The van der Waals surface area contributed by atoms with E-state index in [4.69, 9.17) is 4.42 Å². The summed E-state index contributed by atoms with van der Waals surface area (Å²) in [5.41, 5.74) is 1.21. The minimum Gasteiger partial charge on any atom is -0.425 e. The minimum atomic E-state index is 0.544. The molecular formula is C12H12N2O. The van der Waals surface area contributed by atoms with Crippen molar-refractivity contribution >= 4 is 0 Å². The number of hydrogen-bond acceptors (Lipinski definition) is 3. The predicted molar refractivity (Wildman–Crippen MR) is 55.5 cm³/mol. The van der Waals surface area contributed by atoms with Gasteiger partial charge in [-0.25, -0.2) is 0 Å². The number of nitrogens with zero attached hydrogens (tertiary/aromatic N) is 2. The van der Waals surface area contributed by atoms with E-state index in [1.165, 1.54) is 18.4 Å². The highest BCUT2D eigenvalue weighted by Crippen LogP contribution is 2.39. The lowest BCUT2D eigenvalue weighted by Gasteiger charge is -1.94. The number of hydrogen-bond donors (Lipinski definition) is 0. The Morgan fingerprint density at radius 1 is 1.13 bits per heavy atom. The quantitative estimate of drug-likeness (QED) is 0.764. The van der Waals surface area contributed by atoms with E-state index >= 15 is 0 Å². The van der Waals surface area contributed by atoms with Gasteiger partial charge in [0.1, 0.15) is 0 Å². The van der Waals surface area contributed by atoms with Gasteiger partial charge in [-0.05, 0) is 18.4 Å². The Hall–Kier alpha value is -1.64. The first kappa shape index (κ1) is 8.65. The molecule has 0 radical (unpaired) electrons. The van der Waals surface area contributed by atoms with Crippen LogP contribution >= 0.6 is 0 Å². The Morgan fingerprint density at radius 2 is 1.93 bits per heavy atom. The molecule has 1 fully saturated rings. The summed E-state index contributed by atoms with van der Waals surface area (Å²) >= 11 is 0. The second kappa shape index (κ2) is 3.50. The van der Waals surface area contributed by atoms with Crippen LogP contribution in [-0.4, -0.2) is 10.2 Å². The average Bonchev–Trinajstić information content (AvgIpc) is 3.02. The summed E-state index contributed by atoms with van der Waals surface area (Å²) in [6.07, 6.45) is 3.14. The van der Waals surface area contributed by atoms with E-state index in [9.17, 15) is 0 Å².